The highest BCUT2D eigenvalue weighted by Gasteiger charge is 2.25. The summed E-state index contributed by atoms with van der Waals surface area (Å²) in [6.45, 7) is 4.33. The number of aromatic nitrogens is 1. The molecule has 3 aromatic rings. The van der Waals surface area contributed by atoms with Gasteiger partial charge in [0.05, 0.1) is 0 Å². The zero-order valence-corrected chi connectivity index (χ0v) is 18.1. The quantitative estimate of drug-likeness (QED) is 0.710. The number of amides is 1. The Balaban J connectivity index is 1.28. The summed E-state index contributed by atoms with van der Waals surface area (Å²) in [6, 6.07) is 18.7. The molecule has 1 amide bonds. The van der Waals surface area contributed by atoms with Crippen LogP contribution in [0.1, 0.15) is 27.9 Å². The molecule has 1 aliphatic carbocycles. The molecule has 0 saturated carbocycles. The van der Waals surface area contributed by atoms with Gasteiger partial charge in [0.25, 0.3) is 5.91 Å². The lowest BCUT2D eigenvalue weighted by Crippen LogP contribution is -2.45. The Bertz CT molecular complexity index is 1030. The van der Waals surface area contributed by atoms with E-state index in [4.69, 9.17) is 0 Å². The monoisotopic (exact) mass is 414 g/mol. The maximum Gasteiger partial charge on any atom is 0.251 e. The van der Waals surface area contributed by atoms with Gasteiger partial charge in [-0.3, -0.25) is 4.79 Å². The van der Waals surface area contributed by atoms with Gasteiger partial charge in [-0.1, -0.05) is 12.1 Å². The van der Waals surface area contributed by atoms with Crippen LogP contribution in [0.15, 0.2) is 67.0 Å². The van der Waals surface area contributed by atoms with Crippen molar-refractivity contribution in [3.05, 3.63) is 83.7 Å². The molecule has 2 heterocycles. The standard InChI is InChI=1S/C26H30N4O/c1-28-15-17-30(18-16-28)25-6-4-5-20-7-10-22(19-24(20)25)27-26(31)21-8-11-23(12-9-21)29-13-2-3-14-29/h2-6,8-9,11-14,22H,7,10,15-19H2,1H3,(H,27,31)/t22-/m1/s1. The van der Waals surface area contributed by atoms with E-state index in [0.29, 0.717) is 5.56 Å². The Morgan fingerprint density at radius 2 is 1.68 bits per heavy atom. The zero-order valence-electron chi connectivity index (χ0n) is 18.1. The van der Waals surface area contributed by atoms with E-state index in [-0.39, 0.29) is 11.9 Å². The Labute approximate surface area is 184 Å². The molecule has 1 N–H and O–H groups in total. The third kappa shape index (κ3) is 4.23. The Morgan fingerprint density at radius 3 is 2.42 bits per heavy atom. The van der Waals surface area contributed by atoms with Crippen LogP contribution in [-0.2, 0) is 12.8 Å². The van der Waals surface area contributed by atoms with Crippen molar-refractivity contribution < 1.29 is 4.79 Å². The molecule has 1 saturated heterocycles. The summed E-state index contributed by atoms with van der Waals surface area (Å²) in [4.78, 5) is 17.8. The van der Waals surface area contributed by atoms with Crippen LogP contribution < -0.4 is 10.2 Å². The minimum atomic E-state index is 0.0181. The number of hydrogen-bond donors (Lipinski definition) is 1. The second-order valence-corrected chi connectivity index (χ2v) is 8.76. The number of nitrogens with zero attached hydrogens (tertiary/aromatic N) is 3. The minimum absolute atomic E-state index is 0.0181. The molecule has 0 radical (unpaired) electrons. The molecule has 1 fully saturated rings. The first-order chi connectivity index (χ1) is 15.2. The lowest BCUT2D eigenvalue weighted by Gasteiger charge is -2.37. The second-order valence-electron chi connectivity index (χ2n) is 8.76. The average Bonchev–Trinajstić information content (AvgIpc) is 3.34. The van der Waals surface area contributed by atoms with Gasteiger partial charge >= 0.3 is 0 Å². The molecule has 0 spiro atoms. The first kappa shape index (κ1) is 19.9. The summed E-state index contributed by atoms with van der Waals surface area (Å²) >= 11 is 0. The van der Waals surface area contributed by atoms with Crippen LogP contribution in [-0.4, -0.2) is 54.6 Å². The van der Waals surface area contributed by atoms with Crippen LogP contribution in [0.4, 0.5) is 5.69 Å². The van der Waals surface area contributed by atoms with Crippen LogP contribution in [0.5, 0.6) is 0 Å². The molecule has 1 aromatic heterocycles. The highest BCUT2D eigenvalue weighted by atomic mass is 16.1. The third-order valence-electron chi connectivity index (χ3n) is 6.67. The van der Waals surface area contributed by atoms with E-state index >= 15 is 0 Å². The maximum absolute atomic E-state index is 12.9. The highest BCUT2D eigenvalue weighted by molar-refractivity contribution is 5.94. The molecule has 160 valence electrons. The van der Waals surface area contributed by atoms with Crippen LogP contribution >= 0.6 is 0 Å². The number of carbonyl (C=O) groups is 1. The topological polar surface area (TPSA) is 40.5 Å². The number of likely N-dealkylation sites (N-methyl/N-ethyl adjacent to an activating group) is 1. The Morgan fingerprint density at radius 1 is 0.935 bits per heavy atom. The van der Waals surface area contributed by atoms with Gasteiger partial charge in [-0.05, 0) is 79.9 Å². The molecule has 0 bridgehead atoms. The molecular formula is C26H30N4O. The van der Waals surface area contributed by atoms with Crippen molar-refractivity contribution >= 4 is 11.6 Å². The van der Waals surface area contributed by atoms with Crippen molar-refractivity contribution in [3.63, 3.8) is 0 Å². The van der Waals surface area contributed by atoms with Crippen molar-refractivity contribution in [2.45, 2.75) is 25.3 Å². The third-order valence-corrected chi connectivity index (χ3v) is 6.67. The first-order valence-electron chi connectivity index (χ1n) is 11.3. The van der Waals surface area contributed by atoms with Gasteiger partial charge in [-0.15, -0.1) is 0 Å². The van der Waals surface area contributed by atoms with Crippen LogP contribution in [0.3, 0.4) is 0 Å². The van der Waals surface area contributed by atoms with Gasteiger partial charge in [-0.25, -0.2) is 0 Å². The summed E-state index contributed by atoms with van der Waals surface area (Å²) < 4.78 is 2.04. The fraction of sp³-hybridized carbons (Fsp3) is 0.346. The van der Waals surface area contributed by atoms with Crippen LogP contribution in [0, 0.1) is 0 Å². The van der Waals surface area contributed by atoms with E-state index in [2.05, 4.69) is 40.4 Å². The predicted molar refractivity (Wildman–Crippen MR) is 125 cm³/mol. The number of fused-ring (bicyclic) bond motifs is 1. The summed E-state index contributed by atoms with van der Waals surface area (Å²) in [6.07, 6.45) is 6.94. The molecule has 5 rings (SSSR count). The second kappa shape index (κ2) is 8.60. The van der Waals surface area contributed by atoms with Gasteiger partial charge in [0, 0.05) is 61.6 Å². The lowest BCUT2D eigenvalue weighted by atomic mass is 9.86. The van der Waals surface area contributed by atoms with Crippen LogP contribution in [0.25, 0.3) is 5.69 Å². The van der Waals surface area contributed by atoms with E-state index < -0.39 is 0 Å². The number of carbonyl (C=O) groups excluding carboxylic acids is 1. The number of nitrogens with one attached hydrogen (secondary N) is 1. The number of rotatable bonds is 4. The minimum Gasteiger partial charge on any atom is -0.369 e. The highest BCUT2D eigenvalue weighted by Crippen LogP contribution is 2.31. The van der Waals surface area contributed by atoms with Crippen LogP contribution in [0.2, 0.25) is 0 Å². The van der Waals surface area contributed by atoms with E-state index in [1.54, 1.807) is 0 Å². The molecule has 0 unspecified atom stereocenters. The number of piperazine rings is 1. The van der Waals surface area contributed by atoms with E-state index in [1.807, 2.05) is 53.4 Å². The van der Waals surface area contributed by atoms with E-state index in [9.17, 15) is 4.79 Å². The fourth-order valence-corrected chi connectivity index (χ4v) is 4.80. The van der Waals surface area contributed by atoms with Gasteiger partial charge in [-0.2, -0.15) is 0 Å². The van der Waals surface area contributed by atoms with Gasteiger partial charge in [0.15, 0.2) is 0 Å². The van der Waals surface area contributed by atoms with Crippen molar-refractivity contribution in [1.82, 2.24) is 14.8 Å². The normalized spacial score (nSPS) is 19.1. The Hall–Kier alpha value is -3.05. The van der Waals surface area contributed by atoms with Crippen molar-refractivity contribution in [2.24, 2.45) is 0 Å². The van der Waals surface area contributed by atoms with Crippen molar-refractivity contribution in [3.8, 4) is 5.69 Å². The summed E-state index contributed by atoms with van der Waals surface area (Å²) in [7, 11) is 2.19. The number of anilines is 1. The molecule has 2 aliphatic rings. The zero-order chi connectivity index (χ0) is 21.2. The molecule has 31 heavy (non-hydrogen) atoms. The van der Waals surface area contributed by atoms with E-state index in [0.717, 1.165) is 51.1 Å². The van der Waals surface area contributed by atoms with Crippen molar-refractivity contribution in [2.75, 3.05) is 38.1 Å². The molecule has 5 heteroatoms. The molecule has 1 aliphatic heterocycles. The summed E-state index contributed by atoms with van der Waals surface area (Å²) in [5.41, 5.74) is 6.00. The molecule has 1 atom stereocenters. The van der Waals surface area contributed by atoms with Crippen molar-refractivity contribution in [1.29, 1.82) is 0 Å². The molecule has 2 aromatic carbocycles. The smallest absolute Gasteiger partial charge is 0.251 e. The fourth-order valence-electron chi connectivity index (χ4n) is 4.80. The van der Waals surface area contributed by atoms with Gasteiger partial charge in [0.2, 0.25) is 0 Å². The van der Waals surface area contributed by atoms with Gasteiger partial charge in [0.1, 0.15) is 0 Å². The SMILES string of the molecule is CN1CCN(c2cccc3c2C[C@H](NC(=O)c2ccc(-n4cccc4)cc2)CC3)CC1. The number of benzene rings is 2. The maximum atomic E-state index is 12.9. The summed E-state index contributed by atoms with van der Waals surface area (Å²) in [5, 5.41) is 3.29. The first-order valence-corrected chi connectivity index (χ1v) is 11.3. The molecule has 5 nitrogen and oxygen atoms in total. The average molecular weight is 415 g/mol. The molecular weight excluding hydrogens is 384 g/mol. The largest absolute Gasteiger partial charge is 0.369 e. The van der Waals surface area contributed by atoms with Gasteiger partial charge < -0.3 is 19.7 Å². The summed E-state index contributed by atoms with van der Waals surface area (Å²) in [5.74, 6) is 0.0181. The number of aryl methyl sites for hydroxylation is 1. The Kier molecular flexibility index (Phi) is 5.51. The van der Waals surface area contributed by atoms with E-state index in [1.165, 1.54) is 16.8 Å². The lowest BCUT2D eigenvalue weighted by molar-refractivity contribution is 0.0933. The number of hydrogen-bond acceptors (Lipinski definition) is 3. The predicted octanol–water partition coefficient (Wildman–Crippen LogP) is 3.52.